The van der Waals surface area contributed by atoms with Crippen LogP contribution in [0.15, 0.2) is 72.8 Å². The molecule has 17 heteroatoms. The number of unbranched alkanes of at least 4 members (excludes halogenated alkanes) is 6. The molecule has 0 saturated carbocycles. The second-order valence-electron chi connectivity index (χ2n) is 16.9. The number of nitrogens with zero attached hydrogens (tertiary/aromatic N) is 6. The minimum absolute atomic E-state index is 0.0750. The number of aromatic nitrogens is 2. The fraction of sp³-hybridized carbons (Fsp3) is 0.417. The Hall–Kier alpha value is -7.04. The molecule has 4 N–H and O–H groups in total. The fourth-order valence-corrected chi connectivity index (χ4v) is 8.90. The van der Waals surface area contributed by atoms with E-state index >= 15 is 0 Å². The highest BCUT2D eigenvalue weighted by Gasteiger charge is 2.45. The summed E-state index contributed by atoms with van der Waals surface area (Å²) in [4.78, 5) is 83.7. The van der Waals surface area contributed by atoms with Gasteiger partial charge in [0, 0.05) is 69.4 Å². The Labute approximate surface area is 377 Å². The zero-order valence-corrected chi connectivity index (χ0v) is 36.6. The summed E-state index contributed by atoms with van der Waals surface area (Å²) in [6.07, 6.45) is 7.37. The van der Waals surface area contributed by atoms with Crippen LogP contribution in [-0.2, 0) is 14.4 Å². The molecule has 4 aliphatic rings. The Morgan fingerprint density at radius 1 is 0.800 bits per heavy atom. The number of piperazine rings is 1. The molecule has 8 rings (SSSR count). The first kappa shape index (κ1) is 44.6. The van der Waals surface area contributed by atoms with E-state index in [4.69, 9.17) is 4.74 Å². The number of fused-ring (bicyclic) bond motifs is 1. The Morgan fingerprint density at radius 2 is 1.51 bits per heavy atom. The number of imide groups is 2. The van der Waals surface area contributed by atoms with Crippen molar-refractivity contribution >= 4 is 52.6 Å². The van der Waals surface area contributed by atoms with Crippen LogP contribution >= 0.6 is 0 Å². The van der Waals surface area contributed by atoms with Crippen LogP contribution in [0.3, 0.4) is 0 Å². The van der Waals surface area contributed by atoms with Gasteiger partial charge in [0.2, 0.25) is 17.7 Å². The molecule has 0 aliphatic carbocycles. The van der Waals surface area contributed by atoms with Crippen molar-refractivity contribution < 1.29 is 38.6 Å². The number of hydrogen-bond acceptors (Lipinski definition) is 13. The molecule has 1 atom stereocenters. The fourth-order valence-electron chi connectivity index (χ4n) is 8.90. The highest BCUT2D eigenvalue weighted by atomic mass is 16.5. The molecule has 1 unspecified atom stereocenters. The zero-order valence-electron chi connectivity index (χ0n) is 36.6. The van der Waals surface area contributed by atoms with E-state index < -0.39 is 29.7 Å². The van der Waals surface area contributed by atoms with Crippen molar-refractivity contribution in [1.82, 2.24) is 30.2 Å². The summed E-state index contributed by atoms with van der Waals surface area (Å²) in [6, 6.07) is 20.3. The summed E-state index contributed by atoms with van der Waals surface area (Å²) in [5.41, 5.74) is 3.67. The number of amides is 6. The monoisotopic (exact) mass is 885 g/mol. The van der Waals surface area contributed by atoms with Gasteiger partial charge in [-0.2, -0.15) is 0 Å². The van der Waals surface area contributed by atoms with Gasteiger partial charge in [-0.25, -0.2) is 0 Å². The highest BCUT2D eigenvalue weighted by Crippen LogP contribution is 2.35. The van der Waals surface area contributed by atoms with Gasteiger partial charge in [-0.05, 0) is 67.8 Å². The molecule has 6 amide bonds. The number of piperidine rings is 1. The van der Waals surface area contributed by atoms with Crippen LogP contribution in [-0.4, -0.2) is 130 Å². The maximum absolute atomic E-state index is 13.5. The predicted octanol–water partition coefficient (Wildman–Crippen LogP) is 5.08. The highest BCUT2D eigenvalue weighted by molar-refractivity contribution is 6.25. The number of hydrogen-bond donors (Lipinski definition) is 4. The van der Waals surface area contributed by atoms with Gasteiger partial charge in [0.05, 0.1) is 35.6 Å². The lowest BCUT2D eigenvalue weighted by atomic mass is 10.0. The maximum atomic E-state index is 13.5. The first-order valence-corrected chi connectivity index (χ1v) is 22.6. The van der Waals surface area contributed by atoms with Crippen LogP contribution in [0.2, 0.25) is 0 Å². The molecule has 0 radical (unpaired) electrons. The van der Waals surface area contributed by atoms with Crippen LogP contribution in [0.5, 0.6) is 11.5 Å². The number of ether oxygens (including phenoxy) is 1. The maximum Gasteiger partial charge on any atom is 0.264 e. The standard InChI is InChI=1S/C48H55N9O8/c1-49-44-39(28-37(52-53-44)34-15-8-9-18-40(34)58)56-29-33(30-56)65-32-14-11-13-31(27-32)46(62)55-25-23-54(24-26-55)42(60)19-7-5-3-2-4-6-10-22-50-36-17-12-16-35-43(36)48(64)57(47(35)63)38-20-21-41(59)51-45(38)61/h8-9,11-18,27-28,33,38,50,58H,2-7,10,19-26,29-30H2,1H3,(H,49,53)(H,51,59,61). The van der Waals surface area contributed by atoms with Crippen molar-refractivity contribution in [3.8, 4) is 22.8 Å². The molecule has 3 saturated heterocycles. The van der Waals surface area contributed by atoms with Crippen molar-refractivity contribution in [2.24, 2.45) is 0 Å². The van der Waals surface area contributed by atoms with E-state index in [9.17, 15) is 33.9 Å². The molecule has 340 valence electrons. The van der Waals surface area contributed by atoms with Crippen LogP contribution in [0.4, 0.5) is 17.2 Å². The van der Waals surface area contributed by atoms with Crippen LogP contribution in [0.25, 0.3) is 11.3 Å². The summed E-state index contributed by atoms with van der Waals surface area (Å²) in [6.45, 7) is 3.80. The quantitative estimate of drug-likeness (QED) is 0.0761. The number of phenolic OH excluding ortho intramolecular Hbond substituents is 1. The summed E-state index contributed by atoms with van der Waals surface area (Å²) in [7, 11) is 1.79. The second kappa shape index (κ2) is 20.2. The summed E-state index contributed by atoms with van der Waals surface area (Å²) in [5, 5.41) is 27.6. The van der Waals surface area contributed by atoms with E-state index in [0.717, 1.165) is 55.5 Å². The number of nitrogens with one attached hydrogen (secondary N) is 3. The van der Waals surface area contributed by atoms with E-state index in [1.165, 1.54) is 0 Å². The summed E-state index contributed by atoms with van der Waals surface area (Å²) < 4.78 is 6.28. The van der Waals surface area contributed by atoms with E-state index in [0.29, 0.717) is 86.3 Å². The Bertz CT molecular complexity index is 2450. The average molecular weight is 886 g/mol. The lowest BCUT2D eigenvalue weighted by molar-refractivity contribution is -0.136. The normalized spacial score (nSPS) is 17.5. The zero-order chi connectivity index (χ0) is 45.5. The molecule has 3 fully saturated rings. The number of phenols is 1. The Kier molecular flexibility index (Phi) is 13.9. The number of carbonyl (C=O) groups excluding carboxylic acids is 6. The second-order valence-corrected chi connectivity index (χ2v) is 16.9. The Morgan fingerprint density at radius 3 is 2.26 bits per heavy atom. The number of rotatable bonds is 18. The first-order valence-electron chi connectivity index (χ1n) is 22.6. The number of aromatic hydroxyl groups is 1. The van der Waals surface area contributed by atoms with Gasteiger partial charge in [-0.1, -0.05) is 56.4 Å². The molecule has 0 spiro atoms. The summed E-state index contributed by atoms with van der Waals surface area (Å²) in [5.74, 6) is -0.647. The molecule has 4 aliphatic heterocycles. The van der Waals surface area contributed by atoms with Crippen LogP contribution < -0.4 is 25.6 Å². The SMILES string of the molecule is CNc1nnc(-c2ccccc2O)cc1N1CC(Oc2cccc(C(=O)N3CCN(C(=O)CCCCCCCCCNc4cccc5c4C(=O)N(C4CCC(=O)NC4=O)C5=O)CC3)c2)C1. The number of anilines is 3. The molecule has 1 aromatic heterocycles. The lowest BCUT2D eigenvalue weighted by Crippen LogP contribution is -2.54. The third-order valence-corrected chi connectivity index (χ3v) is 12.5. The topological polar surface area (TPSA) is 207 Å². The van der Waals surface area contributed by atoms with Gasteiger partial charge in [0.25, 0.3) is 17.7 Å². The minimum Gasteiger partial charge on any atom is -0.507 e. The summed E-state index contributed by atoms with van der Waals surface area (Å²) >= 11 is 0. The number of carbonyl (C=O) groups is 6. The average Bonchev–Trinajstić information content (AvgIpc) is 3.56. The van der Waals surface area contributed by atoms with Gasteiger partial charge >= 0.3 is 0 Å². The number of para-hydroxylation sites is 1. The smallest absolute Gasteiger partial charge is 0.264 e. The van der Waals surface area contributed by atoms with Gasteiger partial charge in [-0.3, -0.25) is 39.0 Å². The van der Waals surface area contributed by atoms with Crippen LogP contribution in [0, 0.1) is 0 Å². The molecule has 3 aromatic carbocycles. The van der Waals surface area contributed by atoms with Gasteiger partial charge < -0.3 is 35.2 Å². The van der Waals surface area contributed by atoms with E-state index in [-0.39, 0.29) is 47.6 Å². The van der Waals surface area contributed by atoms with E-state index in [1.54, 1.807) is 60.5 Å². The van der Waals surface area contributed by atoms with Crippen LogP contribution in [0.1, 0.15) is 95.3 Å². The largest absolute Gasteiger partial charge is 0.507 e. The predicted molar refractivity (Wildman–Crippen MR) is 243 cm³/mol. The molecule has 65 heavy (non-hydrogen) atoms. The third-order valence-electron chi connectivity index (χ3n) is 12.5. The Balaban J connectivity index is 0.693. The van der Waals surface area contributed by atoms with Crippen molar-refractivity contribution in [2.45, 2.75) is 76.4 Å². The molecule has 17 nitrogen and oxygen atoms in total. The van der Waals surface area contributed by atoms with Crippen molar-refractivity contribution in [2.75, 3.05) is 68.4 Å². The molecule has 4 aromatic rings. The molecule has 5 heterocycles. The van der Waals surface area contributed by atoms with Crippen molar-refractivity contribution in [1.29, 1.82) is 0 Å². The minimum atomic E-state index is -0.996. The van der Waals surface area contributed by atoms with E-state index in [2.05, 4.69) is 31.0 Å². The molecule has 0 bridgehead atoms. The first-order chi connectivity index (χ1) is 31.6. The van der Waals surface area contributed by atoms with Gasteiger partial charge in [0.1, 0.15) is 23.6 Å². The third kappa shape index (κ3) is 10.0. The van der Waals surface area contributed by atoms with Gasteiger partial charge in [0.15, 0.2) is 5.82 Å². The van der Waals surface area contributed by atoms with Gasteiger partial charge in [-0.15, -0.1) is 10.2 Å². The number of benzene rings is 3. The van der Waals surface area contributed by atoms with Crippen molar-refractivity contribution in [3.63, 3.8) is 0 Å². The molecular weight excluding hydrogens is 831 g/mol. The van der Waals surface area contributed by atoms with Crippen molar-refractivity contribution in [3.05, 3.63) is 89.5 Å². The molecular formula is C48H55N9O8. The van der Waals surface area contributed by atoms with E-state index in [1.807, 2.05) is 29.2 Å². The lowest BCUT2D eigenvalue weighted by Gasteiger charge is -2.41.